The number of nitrogen functional groups attached to an aromatic ring is 1. The summed E-state index contributed by atoms with van der Waals surface area (Å²) in [5.41, 5.74) is 8.91. The molecule has 1 heterocycles. The van der Waals surface area contributed by atoms with Crippen molar-refractivity contribution < 1.29 is 22.7 Å². The molecule has 1 saturated heterocycles. The summed E-state index contributed by atoms with van der Waals surface area (Å²) in [5.74, 6) is -0.856. The highest BCUT2D eigenvalue weighted by Gasteiger charge is 2.39. The van der Waals surface area contributed by atoms with Crippen LogP contribution in [0.4, 0.5) is 10.5 Å². The number of benzene rings is 4. The summed E-state index contributed by atoms with van der Waals surface area (Å²) in [6, 6.07) is 33.1. The highest BCUT2D eigenvalue weighted by atomic mass is 32.2. The van der Waals surface area contributed by atoms with Gasteiger partial charge in [-0.1, -0.05) is 91.0 Å². The van der Waals surface area contributed by atoms with Gasteiger partial charge in [-0.05, 0) is 41.0 Å². The number of ether oxygens (including phenoxy) is 1. The molecule has 0 radical (unpaired) electrons. The summed E-state index contributed by atoms with van der Waals surface area (Å²) in [6.07, 6.45) is -0.717. The van der Waals surface area contributed by atoms with E-state index in [0.717, 1.165) is 16.7 Å². The maximum absolute atomic E-state index is 14.0. The zero-order chi connectivity index (χ0) is 33.9. The lowest BCUT2D eigenvalue weighted by Gasteiger charge is -2.32. The molecule has 2 amide bonds. The standard InChI is InChI=1S/C36H42N6O5S/c1-47-36(44)41-34(33(27-13-7-3-8-14-27)28-15-9-4-10-16-28)35(43)40-22-21-39-31-23-38-24-32(31)42(25-26-11-5-2-6-12-26)48(45,46)30-19-17-29(37)18-20-30/h2-20,31-34,38-39H,21-25,37H2,1H3,(H,40,43)(H,41,44)/t31-,32-,34+/m1/s1. The number of hydrogen-bond donors (Lipinski definition) is 5. The van der Waals surface area contributed by atoms with Crippen molar-refractivity contribution in [1.29, 1.82) is 0 Å². The third-order valence-corrected chi connectivity index (χ3v) is 10.3. The van der Waals surface area contributed by atoms with Crippen molar-refractivity contribution in [3.05, 3.63) is 132 Å². The van der Waals surface area contributed by atoms with Gasteiger partial charge in [-0.15, -0.1) is 0 Å². The van der Waals surface area contributed by atoms with Crippen LogP contribution in [0, 0.1) is 0 Å². The molecule has 6 N–H and O–H groups in total. The minimum atomic E-state index is -3.89. The number of nitrogens with two attached hydrogens (primary N) is 1. The largest absolute Gasteiger partial charge is 0.453 e. The molecule has 1 fully saturated rings. The number of sulfonamides is 1. The fourth-order valence-electron chi connectivity index (χ4n) is 6.03. The van der Waals surface area contributed by atoms with Crippen molar-refractivity contribution in [3.8, 4) is 0 Å². The summed E-state index contributed by atoms with van der Waals surface area (Å²) in [6.45, 7) is 1.78. The van der Waals surface area contributed by atoms with Crippen LogP contribution < -0.4 is 27.0 Å². The van der Waals surface area contributed by atoms with Gasteiger partial charge in [0.1, 0.15) is 6.04 Å². The Morgan fingerprint density at radius 2 is 1.44 bits per heavy atom. The maximum Gasteiger partial charge on any atom is 0.407 e. The summed E-state index contributed by atoms with van der Waals surface area (Å²) < 4.78 is 34.4. The Bertz CT molecular complexity index is 1690. The first-order valence-electron chi connectivity index (χ1n) is 15.9. The molecule has 3 atom stereocenters. The van der Waals surface area contributed by atoms with E-state index in [1.165, 1.54) is 23.5 Å². The molecule has 1 aliphatic rings. The highest BCUT2D eigenvalue weighted by Crippen LogP contribution is 2.29. The van der Waals surface area contributed by atoms with Crippen LogP contribution in [0.15, 0.2) is 120 Å². The van der Waals surface area contributed by atoms with Gasteiger partial charge in [0.15, 0.2) is 0 Å². The maximum atomic E-state index is 14.0. The van der Waals surface area contributed by atoms with E-state index in [1.807, 2.05) is 91.0 Å². The van der Waals surface area contributed by atoms with Gasteiger partial charge in [0.2, 0.25) is 15.9 Å². The molecule has 0 aliphatic carbocycles. The lowest BCUT2D eigenvalue weighted by Crippen LogP contribution is -2.54. The SMILES string of the molecule is COC(=O)N[C@H](C(=O)NCCN[C@@H]1CNC[C@H]1N(Cc1ccccc1)S(=O)(=O)c1ccc(N)cc1)C(c1ccccc1)c1ccccc1. The predicted molar refractivity (Wildman–Crippen MR) is 186 cm³/mol. The van der Waals surface area contributed by atoms with Crippen LogP contribution in [0.3, 0.4) is 0 Å². The van der Waals surface area contributed by atoms with Crippen molar-refractivity contribution in [1.82, 2.24) is 25.6 Å². The molecule has 5 rings (SSSR count). The number of carbonyl (C=O) groups excluding carboxylic acids is 2. The minimum absolute atomic E-state index is 0.168. The molecular weight excluding hydrogens is 629 g/mol. The Balaban J connectivity index is 1.30. The quantitative estimate of drug-likeness (QED) is 0.101. The van der Waals surface area contributed by atoms with Crippen LogP contribution in [0.25, 0.3) is 0 Å². The number of rotatable bonds is 14. The van der Waals surface area contributed by atoms with Gasteiger partial charge in [0.05, 0.1) is 18.0 Å². The summed E-state index contributed by atoms with van der Waals surface area (Å²) in [7, 11) is -2.63. The van der Waals surface area contributed by atoms with Gasteiger partial charge in [-0.3, -0.25) is 4.79 Å². The second-order valence-electron chi connectivity index (χ2n) is 11.6. The second kappa shape index (κ2) is 16.4. The van der Waals surface area contributed by atoms with E-state index in [-0.39, 0.29) is 29.9 Å². The molecule has 1 aliphatic heterocycles. The molecule has 4 aromatic carbocycles. The average molecular weight is 671 g/mol. The first-order chi connectivity index (χ1) is 23.3. The molecular formula is C36H42N6O5S. The first kappa shape index (κ1) is 34.6. The van der Waals surface area contributed by atoms with Crippen molar-refractivity contribution in [2.24, 2.45) is 0 Å². The molecule has 12 heteroatoms. The summed E-state index contributed by atoms with van der Waals surface area (Å²) in [4.78, 5) is 26.4. The van der Waals surface area contributed by atoms with Gasteiger partial charge in [0.25, 0.3) is 0 Å². The number of amides is 2. The lowest BCUT2D eigenvalue weighted by atomic mass is 9.84. The second-order valence-corrected chi connectivity index (χ2v) is 13.5. The zero-order valence-corrected chi connectivity index (χ0v) is 27.6. The summed E-state index contributed by atoms with van der Waals surface area (Å²) in [5, 5.41) is 12.5. The zero-order valence-electron chi connectivity index (χ0n) is 26.8. The monoisotopic (exact) mass is 670 g/mol. The van der Waals surface area contributed by atoms with Gasteiger partial charge in [0, 0.05) is 50.4 Å². The molecule has 48 heavy (non-hydrogen) atoms. The van der Waals surface area contributed by atoms with Crippen molar-refractivity contribution >= 4 is 27.7 Å². The van der Waals surface area contributed by atoms with E-state index in [9.17, 15) is 18.0 Å². The van der Waals surface area contributed by atoms with E-state index in [4.69, 9.17) is 10.5 Å². The number of alkyl carbamates (subject to hydrolysis) is 1. The molecule has 0 unspecified atom stereocenters. The molecule has 11 nitrogen and oxygen atoms in total. The Morgan fingerprint density at radius 1 is 0.854 bits per heavy atom. The fraction of sp³-hybridized carbons (Fsp3) is 0.278. The van der Waals surface area contributed by atoms with Gasteiger partial charge in [-0.2, -0.15) is 4.31 Å². The Labute approximate surface area is 281 Å². The van der Waals surface area contributed by atoms with Crippen LogP contribution in [-0.2, 0) is 26.1 Å². The number of nitrogens with zero attached hydrogens (tertiary/aromatic N) is 1. The summed E-state index contributed by atoms with van der Waals surface area (Å²) >= 11 is 0. The fourth-order valence-corrected chi connectivity index (χ4v) is 7.68. The number of methoxy groups -OCH3 is 1. The molecule has 0 spiro atoms. The minimum Gasteiger partial charge on any atom is -0.453 e. The third-order valence-electron chi connectivity index (χ3n) is 8.44. The van der Waals surface area contributed by atoms with Gasteiger partial charge >= 0.3 is 6.09 Å². The Hall–Kier alpha value is -4.75. The number of hydrogen-bond acceptors (Lipinski definition) is 8. The average Bonchev–Trinajstić information content (AvgIpc) is 3.58. The number of anilines is 1. The third kappa shape index (κ3) is 8.58. The van der Waals surface area contributed by atoms with E-state index >= 15 is 0 Å². The normalized spacial score (nSPS) is 16.8. The Kier molecular flexibility index (Phi) is 11.8. The van der Waals surface area contributed by atoms with E-state index in [1.54, 1.807) is 12.1 Å². The first-order valence-corrected chi connectivity index (χ1v) is 17.3. The van der Waals surface area contributed by atoms with Crippen LogP contribution in [0.2, 0.25) is 0 Å². The van der Waals surface area contributed by atoms with Crippen molar-refractivity contribution in [2.45, 2.75) is 35.5 Å². The predicted octanol–water partition coefficient (Wildman–Crippen LogP) is 3.06. The number of carbonyl (C=O) groups is 2. The molecule has 0 bridgehead atoms. The molecule has 4 aromatic rings. The lowest BCUT2D eigenvalue weighted by molar-refractivity contribution is -0.123. The van der Waals surface area contributed by atoms with Crippen LogP contribution in [0.5, 0.6) is 0 Å². The van der Waals surface area contributed by atoms with Gasteiger partial charge in [-0.25, -0.2) is 13.2 Å². The van der Waals surface area contributed by atoms with E-state index in [2.05, 4.69) is 21.3 Å². The topological polar surface area (TPSA) is 155 Å². The van der Waals surface area contributed by atoms with Crippen molar-refractivity contribution in [3.63, 3.8) is 0 Å². The van der Waals surface area contributed by atoms with E-state index < -0.39 is 34.1 Å². The molecule has 0 aromatic heterocycles. The highest BCUT2D eigenvalue weighted by molar-refractivity contribution is 7.89. The van der Waals surface area contributed by atoms with E-state index in [0.29, 0.717) is 25.3 Å². The Morgan fingerprint density at radius 3 is 2.02 bits per heavy atom. The van der Waals surface area contributed by atoms with Crippen LogP contribution >= 0.6 is 0 Å². The smallest absolute Gasteiger partial charge is 0.407 e. The molecule has 252 valence electrons. The molecule has 0 saturated carbocycles. The van der Waals surface area contributed by atoms with Crippen molar-refractivity contribution in [2.75, 3.05) is 39.0 Å². The van der Waals surface area contributed by atoms with Gasteiger partial charge < -0.3 is 31.7 Å². The van der Waals surface area contributed by atoms with Crippen LogP contribution in [-0.4, -0.2) is 76.1 Å². The number of nitrogens with one attached hydrogen (secondary N) is 4. The van der Waals surface area contributed by atoms with Crippen LogP contribution in [0.1, 0.15) is 22.6 Å².